The Morgan fingerprint density at radius 1 is 0.254 bits per heavy atom. The molecule has 0 nitrogen and oxygen atoms in total. The average molecular weight is 889 g/mol. The van der Waals surface area contributed by atoms with E-state index >= 15 is 0 Å². The molecule has 0 fully saturated rings. The molecule has 2 heteroatoms. The molecule has 11 aromatic carbocycles. The summed E-state index contributed by atoms with van der Waals surface area (Å²) >= 11 is 0. The van der Waals surface area contributed by atoms with Gasteiger partial charge in [-0.1, -0.05) is 250 Å². The zero-order valence-electron chi connectivity index (χ0n) is 39.1. The Bertz CT molecular complexity index is 3820. The van der Waals surface area contributed by atoms with Gasteiger partial charge in [-0.2, -0.15) is 0 Å². The molecule has 0 saturated heterocycles. The highest BCUT2D eigenvalue weighted by Crippen LogP contribution is 2.63. The van der Waals surface area contributed by atoms with E-state index in [2.05, 4.69) is 246 Å². The predicted octanol–water partition coefficient (Wildman–Crippen LogP) is 16.7. The third-order valence-corrected chi connectivity index (χ3v) is 19.5. The van der Waals surface area contributed by atoms with Gasteiger partial charge in [-0.25, -0.2) is 0 Å². The summed E-state index contributed by atoms with van der Waals surface area (Å²) in [6.45, 7) is 14.9. The molecule has 0 saturated carbocycles. The van der Waals surface area contributed by atoms with E-state index in [4.69, 9.17) is 0 Å². The Labute approximate surface area is 396 Å². The second-order valence-electron chi connectivity index (χ2n) is 21.1. The van der Waals surface area contributed by atoms with Crippen molar-refractivity contribution in [1.82, 2.24) is 0 Å². The summed E-state index contributed by atoms with van der Waals surface area (Å²) in [4.78, 5) is 0. The standard InChI is InChI=1S/C65H52Si2/c1-66(2,3)43-33-36-53-55(39-43)63(51-27-12-10-25-49(51)61(53)41-20-8-7-9-21-41)64-52-28-13-11-26-50(52)62(54-37-34-44(40-56(54)64)67(4,5)6)42-32-35-48-47-24-16-19-31-59(47)65(60(48)38-42)57-29-17-14-22-45(57)46-23-15-18-30-58(46)65/h7-40H,1-6H3. The molecule has 11 aromatic rings. The molecule has 0 amide bonds. The van der Waals surface area contributed by atoms with Gasteiger partial charge in [-0.05, 0) is 127 Å². The van der Waals surface area contributed by atoms with Gasteiger partial charge in [0.15, 0.2) is 0 Å². The van der Waals surface area contributed by atoms with Crippen LogP contribution in [0, 0.1) is 0 Å². The number of fused-ring (bicyclic) bond motifs is 14. The fourth-order valence-corrected chi connectivity index (χ4v) is 14.6. The first-order valence-electron chi connectivity index (χ1n) is 24.0. The van der Waals surface area contributed by atoms with Crippen molar-refractivity contribution in [2.45, 2.75) is 44.7 Å². The Morgan fingerprint density at radius 3 is 1.06 bits per heavy atom. The highest BCUT2D eigenvalue weighted by Gasteiger charge is 2.51. The van der Waals surface area contributed by atoms with Crippen molar-refractivity contribution in [3.8, 4) is 55.6 Å². The van der Waals surface area contributed by atoms with Gasteiger partial charge in [0.05, 0.1) is 21.6 Å². The molecule has 13 rings (SSSR count). The molecule has 0 bridgehead atoms. The molecule has 2 aliphatic carbocycles. The van der Waals surface area contributed by atoms with Crippen LogP contribution in [-0.4, -0.2) is 16.1 Å². The molecule has 0 N–H and O–H groups in total. The van der Waals surface area contributed by atoms with Gasteiger partial charge in [-0.15, -0.1) is 0 Å². The number of benzene rings is 11. The Hall–Kier alpha value is -7.11. The number of rotatable bonds is 5. The lowest BCUT2D eigenvalue weighted by molar-refractivity contribution is 0.794. The summed E-state index contributed by atoms with van der Waals surface area (Å²) in [5, 5.41) is 13.4. The van der Waals surface area contributed by atoms with Gasteiger partial charge in [0.1, 0.15) is 0 Å². The monoisotopic (exact) mass is 888 g/mol. The van der Waals surface area contributed by atoms with Crippen molar-refractivity contribution in [3.05, 3.63) is 229 Å². The third-order valence-electron chi connectivity index (χ3n) is 15.4. The predicted molar refractivity (Wildman–Crippen MR) is 295 cm³/mol. The maximum Gasteiger partial charge on any atom is 0.0776 e. The first-order valence-corrected chi connectivity index (χ1v) is 31.0. The van der Waals surface area contributed by atoms with Crippen molar-refractivity contribution in [1.29, 1.82) is 0 Å². The normalized spacial score (nSPS) is 13.6. The smallest absolute Gasteiger partial charge is 0.0656 e. The lowest BCUT2D eigenvalue weighted by Gasteiger charge is -2.31. The van der Waals surface area contributed by atoms with Crippen LogP contribution in [0.5, 0.6) is 0 Å². The first-order chi connectivity index (χ1) is 32.5. The van der Waals surface area contributed by atoms with Crippen molar-refractivity contribution in [2.24, 2.45) is 0 Å². The summed E-state index contributed by atoms with van der Waals surface area (Å²) in [6, 6.07) is 79.6. The van der Waals surface area contributed by atoms with Crippen LogP contribution in [0.3, 0.4) is 0 Å². The SMILES string of the molecule is C[Si](C)(C)c1ccc2c(-c3ccccc3)c3ccccc3c(-c3c4ccccc4c(-c4ccc5c(c4)C4(c6ccccc6-c6ccccc64)c4ccccc4-5)c4ccc([Si](C)(C)C)cc34)c2c1. The largest absolute Gasteiger partial charge is 0.0776 e. The zero-order valence-corrected chi connectivity index (χ0v) is 41.1. The van der Waals surface area contributed by atoms with E-state index in [0.717, 1.165) is 0 Å². The second kappa shape index (κ2) is 14.4. The minimum Gasteiger partial charge on any atom is -0.0656 e. The summed E-state index contributed by atoms with van der Waals surface area (Å²) in [5.74, 6) is 0. The van der Waals surface area contributed by atoms with Crippen LogP contribution >= 0.6 is 0 Å². The van der Waals surface area contributed by atoms with E-state index in [1.807, 2.05) is 0 Å². The minimum atomic E-state index is -1.77. The highest BCUT2D eigenvalue weighted by atomic mass is 28.3. The van der Waals surface area contributed by atoms with E-state index in [1.165, 1.54) is 131 Å². The molecule has 0 radical (unpaired) electrons. The Balaban J connectivity index is 1.18. The van der Waals surface area contributed by atoms with Crippen molar-refractivity contribution in [3.63, 3.8) is 0 Å². The van der Waals surface area contributed by atoms with Crippen LogP contribution in [0.25, 0.3) is 98.7 Å². The van der Waals surface area contributed by atoms with Gasteiger partial charge < -0.3 is 0 Å². The van der Waals surface area contributed by atoms with Crippen LogP contribution in [-0.2, 0) is 5.41 Å². The number of hydrogen-bond acceptors (Lipinski definition) is 0. The van der Waals surface area contributed by atoms with E-state index < -0.39 is 21.6 Å². The molecule has 320 valence electrons. The van der Waals surface area contributed by atoms with E-state index in [9.17, 15) is 0 Å². The van der Waals surface area contributed by atoms with Gasteiger partial charge in [-0.3, -0.25) is 0 Å². The quantitative estimate of drug-likeness (QED) is 0.119. The van der Waals surface area contributed by atoms with E-state index in [0.29, 0.717) is 0 Å². The van der Waals surface area contributed by atoms with E-state index in [-0.39, 0.29) is 0 Å². The van der Waals surface area contributed by atoms with Gasteiger partial charge in [0.2, 0.25) is 0 Å². The maximum absolute atomic E-state index is 2.61. The van der Waals surface area contributed by atoms with Gasteiger partial charge >= 0.3 is 0 Å². The van der Waals surface area contributed by atoms with Crippen LogP contribution in [0.2, 0.25) is 39.3 Å². The Morgan fingerprint density at radius 2 is 0.612 bits per heavy atom. The summed E-state index contributed by atoms with van der Waals surface area (Å²) in [6.07, 6.45) is 0. The average Bonchev–Trinajstić information content (AvgIpc) is 3.81. The molecule has 0 heterocycles. The third kappa shape index (κ3) is 5.70. The number of hydrogen-bond donors (Lipinski definition) is 0. The van der Waals surface area contributed by atoms with Gasteiger partial charge in [0, 0.05) is 0 Å². The molecule has 0 aliphatic heterocycles. The summed E-state index contributed by atoms with van der Waals surface area (Å²) in [7, 11) is -3.48. The minimum absolute atomic E-state index is 0.419. The van der Waals surface area contributed by atoms with Crippen LogP contribution in [0.15, 0.2) is 206 Å². The lowest BCUT2D eigenvalue weighted by Crippen LogP contribution is -2.37. The molecule has 0 aromatic heterocycles. The highest BCUT2D eigenvalue weighted by molar-refractivity contribution is 6.89. The van der Waals surface area contributed by atoms with Gasteiger partial charge in [0.25, 0.3) is 0 Å². The molecule has 2 aliphatic rings. The van der Waals surface area contributed by atoms with Crippen molar-refractivity contribution in [2.75, 3.05) is 0 Å². The fraction of sp³-hybridized carbons (Fsp3) is 0.108. The lowest BCUT2D eigenvalue weighted by atomic mass is 9.70. The topological polar surface area (TPSA) is 0 Å². The first kappa shape index (κ1) is 40.2. The van der Waals surface area contributed by atoms with Crippen LogP contribution < -0.4 is 10.4 Å². The zero-order chi connectivity index (χ0) is 45.4. The van der Waals surface area contributed by atoms with Crippen molar-refractivity contribution < 1.29 is 0 Å². The summed E-state index contributed by atoms with van der Waals surface area (Å²) < 4.78 is 0. The second-order valence-corrected chi connectivity index (χ2v) is 31.3. The maximum atomic E-state index is 2.61. The fourth-order valence-electron chi connectivity index (χ4n) is 12.3. The Kier molecular flexibility index (Phi) is 8.67. The van der Waals surface area contributed by atoms with E-state index in [1.54, 1.807) is 0 Å². The molecule has 0 atom stereocenters. The van der Waals surface area contributed by atoms with Crippen LogP contribution in [0.4, 0.5) is 0 Å². The molecule has 0 unspecified atom stereocenters. The molecular weight excluding hydrogens is 837 g/mol. The molecule has 1 spiro atoms. The summed E-state index contributed by atoms with van der Waals surface area (Å²) in [5.41, 5.74) is 18.2. The molecular formula is C65H52Si2. The van der Waals surface area contributed by atoms with Crippen molar-refractivity contribution >= 4 is 69.6 Å². The molecule has 67 heavy (non-hydrogen) atoms. The van der Waals surface area contributed by atoms with Crippen LogP contribution in [0.1, 0.15) is 22.3 Å².